The summed E-state index contributed by atoms with van der Waals surface area (Å²) in [5.41, 5.74) is 7.13. The summed E-state index contributed by atoms with van der Waals surface area (Å²) in [6, 6.07) is 6.04. The lowest BCUT2D eigenvalue weighted by Gasteiger charge is -2.05. The first-order chi connectivity index (χ1) is 7.56. The summed E-state index contributed by atoms with van der Waals surface area (Å²) < 4.78 is 13.5. The van der Waals surface area contributed by atoms with Crippen LogP contribution in [0.5, 0.6) is 0 Å². The molecule has 0 unspecified atom stereocenters. The first kappa shape index (κ1) is 11.0. The number of aromatic nitrogens is 2. The van der Waals surface area contributed by atoms with Gasteiger partial charge in [0, 0.05) is 21.8 Å². The fourth-order valence-electron chi connectivity index (χ4n) is 1.38. The number of rotatable bonds is 1. The average molecular weight is 282 g/mol. The molecule has 0 saturated carbocycles. The van der Waals surface area contributed by atoms with E-state index in [1.807, 2.05) is 6.92 Å². The Morgan fingerprint density at radius 3 is 2.62 bits per heavy atom. The lowest BCUT2D eigenvalue weighted by Crippen LogP contribution is -1.98. The van der Waals surface area contributed by atoms with Gasteiger partial charge in [-0.25, -0.2) is 14.4 Å². The molecule has 0 fully saturated rings. The molecule has 82 valence electrons. The molecule has 0 atom stereocenters. The van der Waals surface area contributed by atoms with Crippen LogP contribution in [0.3, 0.4) is 0 Å². The molecule has 5 heteroatoms. The average Bonchev–Trinajstić information content (AvgIpc) is 2.15. The molecule has 0 aliphatic heterocycles. The van der Waals surface area contributed by atoms with Crippen molar-refractivity contribution in [3.8, 4) is 11.4 Å². The molecular formula is C11H9BrFN3. The van der Waals surface area contributed by atoms with E-state index in [-0.39, 0.29) is 5.82 Å². The fourth-order valence-corrected chi connectivity index (χ4v) is 1.91. The maximum Gasteiger partial charge on any atom is 0.162 e. The Morgan fingerprint density at radius 2 is 2.00 bits per heavy atom. The number of nitrogens with zero attached hydrogens (tertiary/aromatic N) is 2. The summed E-state index contributed by atoms with van der Waals surface area (Å²) in [6.07, 6.45) is 0. The highest BCUT2D eigenvalue weighted by atomic mass is 79.9. The number of anilines is 1. The van der Waals surface area contributed by atoms with Gasteiger partial charge in [0.25, 0.3) is 0 Å². The van der Waals surface area contributed by atoms with Gasteiger partial charge >= 0.3 is 0 Å². The van der Waals surface area contributed by atoms with Gasteiger partial charge in [-0.05, 0) is 41.1 Å². The zero-order chi connectivity index (χ0) is 11.7. The third kappa shape index (κ3) is 2.19. The lowest BCUT2D eigenvalue weighted by molar-refractivity contribution is 0.627. The molecule has 0 amide bonds. The molecule has 1 aromatic carbocycles. The molecular weight excluding hydrogens is 273 g/mol. The Morgan fingerprint density at radius 1 is 1.25 bits per heavy atom. The van der Waals surface area contributed by atoms with E-state index in [4.69, 9.17) is 5.73 Å². The number of nitrogens with two attached hydrogens (primary N) is 1. The summed E-state index contributed by atoms with van der Waals surface area (Å²) in [5, 5.41) is 0. The van der Waals surface area contributed by atoms with Crippen LogP contribution < -0.4 is 5.73 Å². The zero-order valence-electron chi connectivity index (χ0n) is 8.54. The van der Waals surface area contributed by atoms with Gasteiger partial charge in [0.05, 0.1) is 0 Å². The molecule has 0 spiro atoms. The lowest BCUT2D eigenvalue weighted by atomic mass is 10.2. The highest BCUT2D eigenvalue weighted by Gasteiger charge is 2.08. The number of halogens is 2. The monoisotopic (exact) mass is 281 g/mol. The summed E-state index contributed by atoms with van der Waals surface area (Å²) in [5.74, 6) is 0.583. The number of benzene rings is 1. The van der Waals surface area contributed by atoms with Crippen LogP contribution in [0, 0.1) is 12.7 Å². The molecule has 2 aromatic rings. The minimum Gasteiger partial charge on any atom is -0.384 e. The van der Waals surface area contributed by atoms with E-state index in [0.717, 1.165) is 11.3 Å². The largest absolute Gasteiger partial charge is 0.384 e. The van der Waals surface area contributed by atoms with Crippen LogP contribution in [0.15, 0.2) is 28.7 Å². The van der Waals surface area contributed by atoms with Crippen LogP contribution in [-0.4, -0.2) is 9.97 Å². The van der Waals surface area contributed by atoms with Gasteiger partial charge in [0.2, 0.25) is 0 Å². The zero-order valence-corrected chi connectivity index (χ0v) is 10.1. The Labute approximate surface area is 101 Å². The summed E-state index contributed by atoms with van der Waals surface area (Å²) in [7, 11) is 0. The van der Waals surface area contributed by atoms with Gasteiger partial charge in [-0.15, -0.1) is 0 Å². The van der Waals surface area contributed by atoms with E-state index in [9.17, 15) is 4.39 Å². The smallest absolute Gasteiger partial charge is 0.162 e. The van der Waals surface area contributed by atoms with Crippen molar-refractivity contribution >= 4 is 21.7 Å². The molecule has 0 saturated heterocycles. The van der Waals surface area contributed by atoms with Gasteiger partial charge in [-0.2, -0.15) is 0 Å². The van der Waals surface area contributed by atoms with E-state index >= 15 is 0 Å². The van der Waals surface area contributed by atoms with Crippen LogP contribution in [0.25, 0.3) is 11.4 Å². The molecule has 1 aromatic heterocycles. The second kappa shape index (κ2) is 4.17. The second-order valence-electron chi connectivity index (χ2n) is 3.38. The normalized spacial score (nSPS) is 10.4. The van der Waals surface area contributed by atoms with Crippen LogP contribution in [0.1, 0.15) is 5.69 Å². The standard InChI is InChI=1S/C11H9BrFN3/c1-6-4-10(14)16-11(15-6)8-3-2-7(13)5-9(8)12/h2-5H,1H3,(H2,14,15,16). The molecule has 2 rings (SSSR count). The third-order valence-electron chi connectivity index (χ3n) is 2.05. The topological polar surface area (TPSA) is 51.8 Å². The number of nitrogen functional groups attached to an aromatic ring is 1. The minimum absolute atomic E-state index is 0.309. The van der Waals surface area contributed by atoms with Crippen molar-refractivity contribution in [3.63, 3.8) is 0 Å². The second-order valence-corrected chi connectivity index (χ2v) is 4.24. The van der Waals surface area contributed by atoms with E-state index < -0.39 is 0 Å². The quantitative estimate of drug-likeness (QED) is 0.874. The number of hydrogen-bond donors (Lipinski definition) is 1. The van der Waals surface area contributed by atoms with Crippen molar-refractivity contribution < 1.29 is 4.39 Å². The molecule has 16 heavy (non-hydrogen) atoms. The van der Waals surface area contributed by atoms with Crippen molar-refractivity contribution in [2.75, 3.05) is 5.73 Å². The van der Waals surface area contributed by atoms with E-state index in [0.29, 0.717) is 16.1 Å². The molecule has 3 nitrogen and oxygen atoms in total. The third-order valence-corrected chi connectivity index (χ3v) is 2.70. The minimum atomic E-state index is -0.309. The molecule has 0 aliphatic carbocycles. The van der Waals surface area contributed by atoms with Crippen molar-refractivity contribution in [3.05, 3.63) is 40.2 Å². The predicted octanol–water partition coefficient (Wildman–Crippen LogP) is 2.94. The van der Waals surface area contributed by atoms with Gasteiger partial charge in [-0.3, -0.25) is 0 Å². The number of aryl methyl sites for hydroxylation is 1. The maximum absolute atomic E-state index is 12.9. The van der Waals surface area contributed by atoms with E-state index in [1.54, 1.807) is 12.1 Å². The van der Waals surface area contributed by atoms with Gasteiger partial charge in [-0.1, -0.05) is 0 Å². The molecule has 0 aliphatic rings. The fraction of sp³-hybridized carbons (Fsp3) is 0.0909. The Bertz CT molecular complexity index is 522. The van der Waals surface area contributed by atoms with E-state index in [1.165, 1.54) is 12.1 Å². The summed E-state index contributed by atoms with van der Waals surface area (Å²) >= 11 is 3.27. The van der Waals surface area contributed by atoms with E-state index in [2.05, 4.69) is 25.9 Å². The van der Waals surface area contributed by atoms with Crippen molar-refractivity contribution in [1.29, 1.82) is 0 Å². The van der Waals surface area contributed by atoms with Crippen LogP contribution in [-0.2, 0) is 0 Å². The predicted molar refractivity (Wildman–Crippen MR) is 64.3 cm³/mol. The molecule has 1 heterocycles. The molecule has 0 bridgehead atoms. The van der Waals surface area contributed by atoms with Crippen molar-refractivity contribution in [2.45, 2.75) is 6.92 Å². The number of hydrogen-bond acceptors (Lipinski definition) is 3. The first-order valence-corrected chi connectivity index (χ1v) is 5.42. The van der Waals surface area contributed by atoms with Gasteiger partial charge in [0.1, 0.15) is 11.6 Å². The van der Waals surface area contributed by atoms with Crippen LogP contribution in [0.4, 0.5) is 10.2 Å². The Kier molecular flexibility index (Phi) is 2.87. The van der Waals surface area contributed by atoms with Gasteiger partial charge in [0.15, 0.2) is 5.82 Å². The summed E-state index contributed by atoms with van der Waals surface area (Å²) in [6.45, 7) is 1.83. The van der Waals surface area contributed by atoms with Crippen molar-refractivity contribution in [1.82, 2.24) is 9.97 Å². The Balaban J connectivity index is 2.58. The molecule has 0 radical (unpaired) electrons. The van der Waals surface area contributed by atoms with Crippen molar-refractivity contribution in [2.24, 2.45) is 0 Å². The van der Waals surface area contributed by atoms with Gasteiger partial charge < -0.3 is 5.73 Å². The highest BCUT2D eigenvalue weighted by Crippen LogP contribution is 2.26. The van der Waals surface area contributed by atoms with Crippen LogP contribution >= 0.6 is 15.9 Å². The maximum atomic E-state index is 12.9. The first-order valence-electron chi connectivity index (χ1n) is 4.63. The Hall–Kier alpha value is -1.49. The highest BCUT2D eigenvalue weighted by molar-refractivity contribution is 9.10. The molecule has 2 N–H and O–H groups in total. The summed E-state index contributed by atoms with van der Waals surface area (Å²) in [4.78, 5) is 8.36. The SMILES string of the molecule is Cc1cc(N)nc(-c2ccc(F)cc2Br)n1. The van der Waals surface area contributed by atoms with Crippen LogP contribution in [0.2, 0.25) is 0 Å².